The van der Waals surface area contributed by atoms with Crippen LogP contribution in [-0.4, -0.2) is 22.0 Å². The smallest absolute Gasteiger partial charge is 0.221 e. The van der Waals surface area contributed by atoms with Gasteiger partial charge in [-0.2, -0.15) is 4.37 Å². The summed E-state index contributed by atoms with van der Waals surface area (Å²) in [5, 5.41) is 0.466. The van der Waals surface area contributed by atoms with Gasteiger partial charge in [-0.05, 0) is 49.8 Å². The zero-order valence-electron chi connectivity index (χ0n) is 17.6. The van der Waals surface area contributed by atoms with Crippen LogP contribution in [0.4, 0.5) is 24.0 Å². The van der Waals surface area contributed by atoms with E-state index in [9.17, 15) is 13.2 Å². The summed E-state index contributed by atoms with van der Waals surface area (Å²) in [4.78, 5) is 3.89. The summed E-state index contributed by atoms with van der Waals surface area (Å²) in [6.07, 6.45) is 4.87. The van der Waals surface area contributed by atoms with Crippen molar-refractivity contribution in [2.24, 2.45) is 11.1 Å². The van der Waals surface area contributed by atoms with Crippen LogP contribution in [-0.2, 0) is 6.42 Å². The van der Waals surface area contributed by atoms with Gasteiger partial charge in [0.05, 0.1) is 17.3 Å². The molecule has 176 valence electrons. The number of ether oxygens (including phenoxy) is 1. The van der Waals surface area contributed by atoms with Gasteiger partial charge in [-0.15, -0.1) is 0 Å². The average molecular weight is 498 g/mol. The Balaban J connectivity index is 1.47. The molecular formula is C22H23ClF3N5OS. The van der Waals surface area contributed by atoms with Crippen LogP contribution < -0.4 is 21.3 Å². The molecule has 0 spiro atoms. The molecule has 1 aromatic heterocycles. The summed E-state index contributed by atoms with van der Waals surface area (Å²) in [6.45, 7) is 0.149. The maximum atomic E-state index is 14.7. The molecule has 33 heavy (non-hydrogen) atoms. The van der Waals surface area contributed by atoms with Crippen LogP contribution in [0.2, 0.25) is 5.02 Å². The van der Waals surface area contributed by atoms with Crippen molar-refractivity contribution in [3.05, 3.63) is 64.7 Å². The number of nitrogens with two attached hydrogens (primary N) is 1. The Kier molecular flexibility index (Phi) is 7.26. The molecule has 11 heteroatoms. The average Bonchev–Trinajstić information content (AvgIpc) is 3.31. The Hall–Kier alpha value is -2.56. The quantitative estimate of drug-likeness (QED) is 0.353. The summed E-state index contributed by atoms with van der Waals surface area (Å²) in [7, 11) is 0. The van der Waals surface area contributed by atoms with Crippen molar-refractivity contribution in [2.45, 2.75) is 38.1 Å². The Labute approximate surface area is 198 Å². The number of benzene rings is 2. The van der Waals surface area contributed by atoms with E-state index in [-0.39, 0.29) is 34.5 Å². The number of rotatable bonds is 8. The number of nitrogens with one attached hydrogen (secondary N) is 2. The Morgan fingerprint density at radius 3 is 2.58 bits per heavy atom. The van der Waals surface area contributed by atoms with Crippen LogP contribution in [0.15, 0.2) is 36.7 Å². The minimum atomic E-state index is -0.710. The van der Waals surface area contributed by atoms with Gasteiger partial charge in [-0.3, -0.25) is 10.9 Å². The molecule has 0 atom stereocenters. The van der Waals surface area contributed by atoms with E-state index < -0.39 is 17.5 Å². The molecule has 0 amide bonds. The first-order valence-corrected chi connectivity index (χ1v) is 11.6. The zero-order valence-corrected chi connectivity index (χ0v) is 19.2. The summed E-state index contributed by atoms with van der Waals surface area (Å²) < 4.78 is 52.8. The lowest BCUT2D eigenvalue weighted by molar-refractivity contribution is 0.0876. The van der Waals surface area contributed by atoms with E-state index in [2.05, 4.69) is 20.2 Å². The summed E-state index contributed by atoms with van der Waals surface area (Å²) >= 11 is 6.87. The maximum Gasteiger partial charge on any atom is 0.221 e. The van der Waals surface area contributed by atoms with Crippen molar-refractivity contribution < 1.29 is 17.9 Å². The predicted octanol–water partition coefficient (Wildman–Crippen LogP) is 5.56. The highest BCUT2D eigenvalue weighted by Gasteiger charge is 2.36. The van der Waals surface area contributed by atoms with E-state index in [1.165, 1.54) is 18.5 Å². The van der Waals surface area contributed by atoms with Crippen molar-refractivity contribution in [1.29, 1.82) is 0 Å². The molecule has 1 fully saturated rings. The van der Waals surface area contributed by atoms with Crippen molar-refractivity contribution >= 4 is 34.0 Å². The second-order valence-corrected chi connectivity index (χ2v) is 9.50. The van der Waals surface area contributed by atoms with Gasteiger partial charge < -0.3 is 10.5 Å². The van der Waals surface area contributed by atoms with Gasteiger partial charge in [0, 0.05) is 35.1 Å². The molecule has 3 aromatic rings. The third-order valence-electron chi connectivity index (χ3n) is 5.87. The van der Waals surface area contributed by atoms with Crippen molar-refractivity contribution in [2.75, 3.05) is 17.5 Å². The normalized spacial score (nSPS) is 20.5. The second-order valence-electron chi connectivity index (χ2n) is 8.31. The lowest BCUT2D eigenvalue weighted by Gasteiger charge is -2.39. The Bertz CT molecular complexity index is 1090. The number of halogens is 4. The number of aromatic nitrogens is 2. The fourth-order valence-electron chi connectivity index (χ4n) is 4.02. The van der Waals surface area contributed by atoms with Crippen LogP contribution in [0.3, 0.4) is 0 Å². The molecule has 0 aliphatic heterocycles. The van der Waals surface area contributed by atoms with Crippen molar-refractivity contribution in [3.8, 4) is 5.75 Å². The lowest BCUT2D eigenvalue weighted by atomic mass is 9.69. The number of anilines is 2. The van der Waals surface area contributed by atoms with Gasteiger partial charge in [0.25, 0.3) is 0 Å². The van der Waals surface area contributed by atoms with E-state index in [4.69, 9.17) is 22.1 Å². The van der Waals surface area contributed by atoms with E-state index in [1.807, 2.05) is 0 Å². The Morgan fingerprint density at radius 1 is 1.09 bits per heavy atom. The van der Waals surface area contributed by atoms with Crippen LogP contribution in [0.1, 0.15) is 31.2 Å². The maximum absolute atomic E-state index is 14.7. The monoisotopic (exact) mass is 497 g/mol. The summed E-state index contributed by atoms with van der Waals surface area (Å²) in [5.74, 6) is -2.08. The van der Waals surface area contributed by atoms with Gasteiger partial charge >= 0.3 is 0 Å². The lowest BCUT2D eigenvalue weighted by Crippen LogP contribution is -2.39. The minimum absolute atomic E-state index is 0.0570. The fourth-order valence-corrected chi connectivity index (χ4v) is 4.52. The van der Waals surface area contributed by atoms with Crippen LogP contribution in [0.5, 0.6) is 5.75 Å². The second kappa shape index (κ2) is 10.1. The largest absolute Gasteiger partial charge is 0.490 e. The predicted molar refractivity (Wildman–Crippen MR) is 123 cm³/mol. The van der Waals surface area contributed by atoms with E-state index in [0.29, 0.717) is 11.6 Å². The van der Waals surface area contributed by atoms with Gasteiger partial charge in [0.2, 0.25) is 5.13 Å². The van der Waals surface area contributed by atoms with Crippen LogP contribution in [0, 0.1) is 22.9 Å². The molecule has 6 nitrogen and oxygen atoms in total. The zero-order chi connectivity index (χ0) is 23.4. The fraction of sp³-hybridized carbons (Fsp3) is 0.364. The highest BCUT2D eigenvalue weighted by Crippen LogP contribution is 2.40. The highest BCUT2D eigenvalue weighted by atomic mass is 35.5. The van der Waals surface area contributed by atoms with Gasteiger partial charge in [0.1, 0.15) is 12.1 Å². The molecule has 2 aromatic carbocycles. The van der Waals surface area contributed by atoms with Gasteiger partial charge in [0.15, 0.2) is 17.4 Å². The molecule has 1 heterocycles. The number of hydrazine groups is 1. The molecular weight excluding hydrogens is 475 g/mol. The summed E-state index contributed by atoms with van der Waals surface area (Å²) in [6, 6.07) is 6.80. The highest BCUT2D eigenvalue weighted by molar-refractivity contribution is 7.09. The molecule has 1 aliphatic carbocycles. The molecule has 0 bridgehead atoms. The first kappa shape index (κ1) is 23.6. The van der Waals surface area contributed by atoms with E-state index in [0.717, 1.165) is 54.9 Å². The molecule has 0 unspecified atom stereocenters. The molecule has 4 rings (SSSR count). The van der Waals surface area contributed by atoms with Crippen molar-refractivity contribution in [1.82, 2.24) is 9.36 Å². The van der Waals surface area contributed by atoms with E-state index >= 15 is 0 Å². The summed E-state index contributed by atoms with van der Waals surface area (Å²) in [5.41, 5.74) is 11.6. The minimum Gasteiger partial charge on any atom is -0.490 e. The van der Waals surface area contributed by atoms with Crippen LogP contribution in [0.25, 0.3) is 0 Å². The Morgan fingerprint density at radius 2 is 1.88 bits per heavy atom. The SMILES string of the molecule is NC1CCC(COc2cc(F)c(NNc3ncns3)cc2F)(Cc2ccc(Cl)c(F)c2)CC1. The number of nitrogens with zero attached hydrogens (tertiary/aromatic N) is 2. The molecule has 0 radical (unpaired) electrons. The van der Waals surface area contributed by atoms with Crippen LogP contribution >= 0.6 is 23.1 Å². The van der Waals surface area contributed by atoms with Crippen molar-refractivity contribution in [3.63, 3.8) is 0 Å². The third-order valence-corrected chi connectivity index (χ3v) is 6.76. The first-order valence-electron chi connectivity index (χ1n) is 10.4. The first-order chi connectivity index (χ1) is 15.8. The van der Waals surface area contributed by atoms with Gasteiger partial charge in [-0.25, -0.2) is 18.2 Å². The van der Waals surface area contributed by atoms with E-state index in [1.54, 1.807) is 6.07 Å². The molecule has 0 saturated heterocycles. The molecule has 1 aliphatic rings. The topological polar surface area (TPSA) is 85.1 Å². The number of hydrogen-bond donors (Lipinski definition) is 3. The molecule has 1 saturated carbocycles. The van der Waals surface area contributed by atoms with Gasteiger partial charge in [-0.1, -0.05) is 17.7 Å². The molecule has 4 N–H and O–H groups in total. The standard InChI is InChI=1S/C22H23ClF3N5OS/c23-15-2-1-13(7-16(15)24)10-22(5-3-14(27)4-6-22)11-32-20-9-17(25)19(8-18(20)26)30-31-21-28-12-29-33-21/h1-2,7-9,12,14,30H,3-6,10-11,27H2,(H,28,29,31). The number of hydrogen-bond acceptors (Lipinski definition) is 7. The third kappa shape index (κ3) is 5.87.